The van der Waals surface area contributed by atoms with Crippen molar-refractivity contribution >= 4 is 34.5 Å². The molecule has 1 atom stereocenters. The summed E-state index contributed by atoms with van der Waals surface area (Å²) in [6.45, 7) is 5.73. The molecule has 0 aliphatic rings. The van der Waals surface area contributed by atoms with Crippen LogP contribution in [0.3, 0.4) is 0 Å². The molecule has 3 heterocycles. The first-order chi connectivity index (χ1) is 17.2. The number of thiophene rings is 2. The minimum atomic E-state index is -0.845. The van der Waals surface area contributed by atoms with Crippen molar-refractivity contribution in [3.63, 3.8) is 0 Å². The molecule has 2 amide bonds. The van der Waals surface area contributed by atoms with Crippen LogP contribution in [0.1, 0.15) is 37.3 Å². The maximum Gasteiger partial charge on any atom is 0.248 e. The zero-order chi connectivity index (χ0) is 25.7. The van der Waals surface area contributed by atoms with Crippen LogP contribution in [0.2, 0.25) is 0 Å². The van der Waals surface area contributed by atoms with Crippen molar-refractivity contribution in [1.82, 2.24) is 30.4 Å². The number of carbonyl (C=O) groups excluding carboxylic acids is 2. The molecule has 0 saturated heterocycles. The molecule has 0 aliphatic heterocycles. The van der Waals surface area contributed by atoms with Gasteiger partial charge in [0.05, 0.1) is 18.5 Å². The van der Waals surface area contributed by atoms with Gasteiger partial charge in [-0.1, -0.05) is 30.3 Å². The summed E-state index contributed by atoms with van der Waals surface area (Å²) >= 11 is 2.92. The molecule has 0 aliphatic carbocycles. The molecule has 0 bridgehead atoms. The first kappa shape index (κ1) is 25.5. The number of rotatable bonds is 9. The monoisotopic (exact) mass is 524 g/mol. The average Bonchev–Trinajstić information content (AvgIpc) is 3.60. The molecule has 0 spiro atoms. The van der Waals surface area contributed by atoms with E-state index in [1.807, 2.05) is 80.1 Å². The number of methoxy groups -OCH3 is 1. The lowest BCUT2D eigenvalue weighted by molar-refractivity contribution is -0.143. The molecule has 1 N–H and O–H groups in total. The smallest absolute Gasteiger partial charge is 0.248 e. The summed E-state index contributed by atoms with van der Waals surface area (Å²) in [5, 5.41) is 19.4. The van der Waals surface area contributed by atoms with E-state index in [2.05, 4.69) is 20.7 Å². The Kier molecular flexibility index (Phi) is 7.80. The van der Waals surface area contributed by atoms with Gasteiger partial charge in [0.15, 0.2) is 0 Å². The summed E-state index contributed by atoms with van der Waals surface area (Å²) in [5.74, 6) is 0.502. The quantitative estimate of drug-likeness (QED) is 0.353. The van der Waals surface area contributed by atoms with Crippen LogP contribution in [0, 0.1) is 0 Å². The van der Waals surface area contributed by atoms with E-state index in [9.17, 15) is 9.59 Å². The second-order valence-corrected chi connectivity index (χ2v) is 11.0. The van der Waals surface area contributed by atoms with E-state index in [-0.39, 0.29) is 24.9 Å². The van der Waals surface area contributed by atoms with Crippen LogP contribution in [-0.2, 0) is 22.7 Å². The lowest BCUT2D eigenvalue weighted by atomic mass is 10.1. The highest BCUT2D eigenvalue weighted by Crippen LogP contribution is 2.30. The molecule has 0 saturated carbocycles. The van der Waals surface area contributed by atoms with E-state index < -0.39 is 11.6 Å². The summed E-state index contributed by atoms with van der Waals surface area (Å²) < 4.78 is 5.53. The van der Waals surface area contributed by atoms with E-state index in [1.165, 1.54) is 27.5 Å². The molecule has 1 aromatic carbocycles. The third-order valence-corrected chi connectivity index (χ3v) is 6.99. The largest absolute Gasteiger partial charge is 0.496 e. The number of hydrogen-bond donors (Lipinski definition) is 1. The Bertz CT molecular complexity index is 1300. The standard InChI is InChI=1S/C25H28N6O3S2/c1-25(2,3)26-24(33)22(19-11-7-13-35-19)30(15-17-9-5-6-10-18(17)34-4)21(32)16-31-28-23(27-29-31)20-12-8-14-36-20/h5-14,22H,15-16H2,1-4H3,(H,26,33). The molecule has 3 aromatic heterocycles. The lowest BCUT2D eigenvalue weighted by Gasteiger charge is -2.33. The van der Waals surface area contributed by atoms with Crippen molar-refractivity contribution < 1.29 is 14.3 Å². The summed E-state index contributed by atoms with van der Waals surface area (Å²) in [5.41, 5.74) is 0.304. The Labute approximate surface area is 217 Å². The number of benzene rings is 1. The van der Waals surface area contributed by atoms with Gasteiger partial charge in [-0.15, -0.1) is 32.9 Å². The van der Waals surface area contributed by atoms with Gasteiger partial charge in [0.2, 0.25) is 17.6 Å². The minimum Gasteiger partial charge on any atom is -0.496 e. The zero-order valence-electron chi connectivity index (χ0n) is 20.5. The van der Waals surface area contributed by atoms with Crippen LogP contribution in [0.5, 0.6) is 5.75 Å². The number of nitrogens with zero attached hydrogens (tertiary/aromatic N) is 5. The van der Waals surface area contributed by atoms with Crippen molar-refractivity contribution in [2.24, 2.45) is 0 Å². The number of ether oxygens (including phenoxy) is 1. The Morgan fingerprint density at radius 3 is 2.50 bits per heavy atom. The van der Waals surface area contributed by atoms with E-state index >= 15 is 0 Å². The average molecular weight is 525 g/mol. The first-order valence-corrected chi connectivity index (χ1v) is 13.1. The van der Waals surface area contributed by atoms with Gasteiger partial charge in [-0.2, -0.15) is 4.80 Å². The Balaban J connectivity index is 1.69. The zero-order valence-corrected chi connectivity index (χ0v) is 22.2. The van der Waals surface area contributed by atoms with Crippen molar-refractivity contribution in [1.29, 1.82) is 0 Å². The maximum atomic E-state index is 13.8. The molecule has 11 heteroatoms. The Morgan fingerprint density at radius 2 is 1.83 bits per heavy atom. The van der Waals surface area contributed by atoms with Crippen molar-refractivity contribution in [3.05, 3.63) is 69.7 Å². The highest BCUT2D eigenvalue weighted by Gasteiger charge is 2.35. The molecular weight excluding hydrogens is 496 g/mol. The van der Waals surface area contributed by atoms with Gasteiger partial charge in [0.1, 0.15) is 18.3 Å². The Morgan fingerprint density at radius 1 is 1.08 bits per heavy atom. The molecule has 188 valence electrons. The fraction of sp³-hybridized carbons (Fsp3) is 0.320. The number of carbonyl (C=O) groups is 2. The Hall–Kier alpha value is -3.57. The topological polar surface area (TPSA) is 102 Å². The summed E-state index contributed by atoms with van der Waals surface area (Å²) in [6, 6.07) is 14.1. The molecule has 0 fully saturated rings. The van der Waals surface area contributed by atoms with Crippen LogP contribution in [-0.4, -0.2) is 49.6 Å². The number of para-hydroxylation sites is 1. The van der Waals surface area contributed by atoms with Crippen LogP contribution in [0.15, 0.2) is 59.3 Å². The van der Waals surface area contributed by atoms with Gasteiger partial charge in [-0.25, -0.2) is 0 Å². The highest BCUT2D eigenvalue weighted by atomic mass is 32.1. The minimum absolute atomic E-state index is 0.162. The molecule has 1 unspecified atom stereocenters. The van der Waals surface area contributed by atoms with Crippen molar-refractivity contribution in [2.75, 3.05) is 7.11 Å². The van der Waals surface area contributed by atoms with Gasteiger partial charge in [-0.3, -0.25) is 9.59 Å². The fourth-order valence-electron chi connectivity index (χ4n) is 3.68. The maximum absolute atomic E-state index is 13.8. The van der Waals surface area contributed by atoms with Crippen molar-refractivity contribution in [2.45, 2.75) is 45.4 Å². The number of tetrazole rings is 1. The van der Waals surface area contributed by atoms with Crippen LogP contribution < -0.4 is 10.1 Å². The highest BCUT2D eigenvalue weighted by molar-refractivity contribution is 7.13. The fourth-order valence-corrected chi connectivity index (χ4v) is 5.16. The second-order valence-electron chi connectivity index (χ2n) is 9.11. The van der Waals surface area contributed by atoms with Crippen LogP contribution in [0.4, 0.5) is 0 Å². The van der Waals surface area contributed by atoms with E-state index in [0.717, 1.165) is 15.3 Å². The van der Waals surface area contributed by atoms with E-state index in [1.54, 1.807) is 12.0 Å². The molecule has 0 radical (unpaired) electrons. The van der Waals surface area contributed by atoms with E-state index in [4.69, 9.17) is 4.74 Å². The summed E-state index contributed by atoms with van der Waals surface area (Å²) in [7, 11) is 1.58. The van der Waals surface area contributed by atoms with Crippen molar-refractivity contribution in [3.8, 4) is 16.5 Å². The molecule has 4 rings (SSSR count). The van der Waals surface area contributed by atoms with Gasteiger partial charge in [0, 0.05) is 16.0 Å². The number of nitrogens with one attached hydrogen (secondary N) is 1. The van der Waals surface area contributed by atoms with E-state index in [0.29, 0.717) is 11.6 Å². The second kappa shape index (κ2) is 11.0. The number of amides is 2. The van der Waals surface area contributed by atoms with Gasteiger partial charge in [0.25, 0.3) is 0 Å². The number of hydrogen-bond acceptors (Lipinski definition) is 8. The van der Waals surface area contributed by atoms with Gasteiger partial charge < -0.3 is 15.0 Å². The molecule has 9 nitrogen and oxygen atoms in total. The summed E-state index contributed by atoms with van der Waals surface area (Å²) in [6.07, 6.45) is 0. The lowest BCUT2D eigenvalue weighted by Crippen LogP contribution is -2.49. The first-order valence-electron chi connectivity index (χ1n) is 11.3. The van der Waals surface area contributed by atoms with Crippen LogP contribution >= 0.6 is 22.7 Å². The summed E-state index contributed by atoms with van der Waals surface area (Å²) in [4.78, 5) is 31.8. The normalized spacial score (nSPS) is 12.2. The molecular formula is C25H28N6O3S2. The third-order valence-electron chi connectivity index (χ3n) is 5.20. The van der Waals surface area contributed by atoms with Gasteiger partial charge >= 0.3 is 0 Å². The predicted molar refractivity (Wildman–Crippen MR) is 140 cm³/mol. The SMILES string of the molecule is COc1ccccc1CN(C(=O)Cn1nnc(-c2cccs2)n1)C(C(=O)NC(C)(C)C)c1cccs1. The van der Waals surface area contributed by atoms with Gasteiger partial charge in [-0.05, 0) is 54.9 Å². The third kappa shape index (κ3) is 6.16. The van der Waals surface area contributed by atoms with Crippen LogP contribution in [0.25, 0.3) is 10.7 Å². The molecule has 36 heavy (non-hydrogen) atoms. The predicted octanol–water partition coefficient (Wildman–Crippen LogP) is 4.16. The number of aromatic nitrogens is 4. The molecule has 4 aromatic rings.